The summed E-state index contributed by atoms with van der Waals surface area (Å²) in [4.78, 5) is 2.93. The summed E-state index contributed by atoms with van der Waals surface area (Å²) in [5, 5.41) is 0. The zero-order valence-electron chi connectivity index (χ0n) is 5.81. The quantitative estimate of drug-likeness (QED) is 0.588. The highest BCUT2D eigenvalue weighted by Crippen LogP contribution is 2.18. The Labute approximate surface area is 55.1 Å². The van der Waals surface area contributed by atoms with Crippen LogP contribution >= 0.6 is 0 Å². The Morgan fingerprint density at radius 2 is 2.22 bits per heavy atom. The molecule has 0 aliphatic carbocycles. The topological polar surface area (TPSA) is 41.8 Å². The molecule has 1 aromatic rings. The Balaban J connectivity index is 2.94. The van der Waals surface area contributed by atoms with Crippen LogP contribution in [0.4, 0.5) is 5.82 Å². The van der Waals surface area contributed by atoms with Crippen molar-refractivity contribution >= 4 is 5.82 Å². The first kappa shape index (κ1) is 6.20. The molecule has 0 spiro atoms. The predicted molar refractivity (Wildman–Crippen MR) is 39.3 cm³/mol. The molecule has 0 saturated carbocycles. The van der Waals surface area contributed by atoms with Crippen LogP contribution in [0.5, 0.6) is 0 Å². The summed E-state index contributed by atoms with van der Waals surface area (Å²) in [6.45, 7) is 4.25. The van der Waals surface area contributed by atoms with E-state index in [2.05, 4.69) is 18.8 Å². The molecule has 0 aliphatic rings. The van der Waals surface area contributed by atoms with Crippen LogP contribution in [0.3, 0.4) is 0 Å². The maximum Gasteiger partial charge on any atom is 0.104 e. The number of H-pyrrole nitrogens is 1. The van der Waals surface area contributed by atoms with Crippen LogP contribution in [0.15, 0.2) is 12.3 Å². The van der Waals surface area contributed by atoms with Gasteiger partial charge in [0.15, 0.2) is 0 Å². The first-order valence-electron chi connectivity index (χ1n) is 3.14. The predicted octanol–water partition coefficient (Wildman–Crippen LogP) is 1.72. The van der Waals surface area contributed by atoms with Gasteiger partial charge in [0.05, 0.1) is 0 Å². The van der Waals surface area contributed by atoms with Gasteiger partial charge in [0.2, 0.25) is 0 Å². The van der Waals surface area contributed by atoms with E-state index in [1.807, 2.05) is 12.3 Å². The molecule has 0 saturated heterocycles. The van der Waals surface area contributed by atoms with E-state index in [-0.39, 0.29) is 0 Å². The number of rotatable bonds is 1. The molecular weight excluding hydrogens is 112 g/mol. The van der Waals surface area contributed by atoms with Crippen molar-refractivity contribution in [3.05, 3.63) is 17.8 Å². The Hall–Kier alpha value is -0.920. The molecule has 0 unspecified atom stereocenters. The van der Waals surface area contributed by atoms with E-state index in [9.17, 15) is 0 Å². The number of aromatic amines is 1. The summed E-state index contributed by atoms with van der Waals surface area (Å²) in [6.07, 6.45) is 1.87. The third-order valence-corrected chi connectivity index (χ3v) is 1.43. The second kappa shape index (κ2) is 2.13. The van der Waals surface area contributed by atoms with Crippen molar-refractivity contribution in [2.75, 3.05) is 5.73 Å². The van der Waals surface area contributed by atoms with E-state index in [1.54, 1.807) is 0 Å². The summed E-state index contributed by atoms with van der Waals surface area (Å²) in [7, 11) is 0. The van der Waals surface area contributed by atoms with Gasteiger partial charge < -0.3 is 10.7 Å². The number of hydrogen-bond acceptors (Lipinski definition) is 1. The lowest BCUT2D eigenvalue weighted by molar-refractivity contribution is 0.872. The fraction of sp³-hybridized carbons (Fsp3) is 0.429. The van der Waals surface area contributed by atoms with E-state index >= 15 is 0 Å². The summed E-state index contributed by atoms with van der Waals surface area (Å²) in [5.41, 5.74) is 6.79. The van der Waals surface area contributed by atoms with Crippen molar-refractivity contribution in [1.29, 1.82) is 0 Å². The molecule has 1 heterocycles. The van der Waals surface area contributed by atoms with Gasteiger partial charge in [-0.3, -0.25) is 0 Å². The Morgan fingerprint density at radius 1 is 1.56 bits per heavy atom. The molecule has 1 aromatic heterocycles. The fourth-order valence-corrected chi connectivity index (χ4v) is 0.898. The van der Waals surface area contributed by atoms with Gasteiger partial charge in [0, 0.05) is 6.20 Å². The fourth-order valence-electron chi connectivity index (χ4n) is 0.898. The van der Waals surface area contributed by atoms with E-state index in [0.29, 0.717) is 5.92 Å². The number of nitrogens with two attached hydrogens (primary N) is 1. The van der Waals surface area contributed by atoms with Crippen LogP contribution in [0.25, 0.3) is 0 Å². The Bertz CT molecular complexity index is 189. The average Bonchev–Trinajstić information content (AvgIpc) is 2.13. The molecular formula is C7H12N2. The van der Waals surface area contributed by atoms with Crippen LogP contribution < -0.4 is 5.73 Å². The highest BCUT2D eigenvalue weighted by atomic mass is 14.8. The van der Waals surface area contributed by atoms with Crippen molar-refractivity contribution in [3.8, 4) is 0 Å². The summed E-state index contributed by atoms with van der Waals surface area (Å²) in [5.74, 6) is 1.32. The van der Waals surface area contributed by atoms with Crippen molar-refractivity contribution in [1.82, 2.24) is 4.98 Å². The monoisotopic (exact) mass is 124 g/mol. The SMILES string of the molecule is CC(C)c1cc[nH]c1N. The lowest BCUT2D eigenvalue weighted by Crippen LogP contribution is -1.92. The molecule has 0 fully saturated rings. The highest BCUT2D eigenvalue weighted by Gasteiger charge is 2.02. The highest BCUT2D eigenvalue weighted by molar-refractivity contribution is 5.41. The van der Waals surface area contributed by atoms with E-state index < -0.39 is 0 Å². The van der Waals surface area contributed by atoms with E-state index in [1.165, 1.54) is 5.56 Å². The van der Waals surface area contributed by atoms with Crippen LogP contribution in [0.2, 0.25) is 0 Å². The standard InChI is InChI=1S/C7H12N2/c1-5(2)6-3-4-9-7(6)8/h3-5,9H,8H2,1-2H3. The molecule has 3 N–H and O–H groups in total. The molecule has 0 aliphatic heterocycles. The Kier molecular flexibility index (Phi) is 1.47. The maximum atomic E-state index is 5.59. The second-order valence-electron chi connectivity index (χ2n) is 2.50. The minimum absolute atomic E-state index is 0.524. The number of nitrogen functional groups attached to an aromatic ring is 1. The third-order valence-electron chi connectivity index (χ3n) is 1.43. The number of nitrogens with one attached hydrogen (secondary N) is 1. The number of aromatic nitrogens is 1. The largest absolute Gasteiger partial charge is 0.385 e. The first-order valence-corrected chi connectivity index (χ1v) is 3.14. The van der Waals surface area contributed by atoms with Crippen molar-refractivity contribution in [2.24, 2.45) is 0 Å². The molecule has 2 heteroatoms. The normalized spacial score (nSPS) is 10.6. The van der Waals surface area contributed by atoms with Gasteiger partial charge >= 0.3 is 0 Å². The Morgan fingerprint density at radius 3 is 2.44 bits per heavy atom. The van der Waals surface area contributed by atoms with Crippen LogP contribution in [-0.2, 0) is 0 Å². The zero-order chi connectivity index (χ0) is 6.85. The number of hydrogen-bond donors (Lipinski definition) is 2. The maximum absolute atomic E-state index is 5.59. The molecule has 2 nitrogen and oxygen atoms in total. The van der Waals surface area contributed by atoms with Crippen LogP contribution in [-0.4, -0.2) is 4.98 Å². The minimum Gasteiger partial charge on any atom is -0.385 e. The van der Waals surface area contributed by atoms with Gasteiger partial charge in [0.1, 0.15) is 5.82 Å². The molecule has 9 heavy (non-hydrogen) atoms. The van der Waals surface area contributed by atoms with Crippen molar-refractivity contribution < 1.29 is 0 Å². The molecule has 0 aromatic carbocycles. The number of anilines is 1. The molecule has 1 rings (SSSR count). The van der Waals surface area contributed by atoms with Crippen molar-refractivity contribution in [3.63, 3.8) is 0 Å². The van der Waals surface area contributed by atoms with Gasteiger partial charge in [0.25, 0.3) is 0 Å². The molecule has 0 amide bonds. The zero-order valence-corrected chi connectivity index (χ0v) is 5.81. The second-order valence-corrected chi connectivity index (χ2v) is 2.50. The molecule has 0 atom stereocenters. The smallest absolute Gasteiger partial charge is 0.104 e. The molecule has 50 valence electrons. The van der Waals surface area contributed by atoms with Crippen LogP contribution in [0, 0.1) is 0 Å². The van der Waals surface area contributed by atoms with Crippen LogP contribution in [0.1, 0.15) is 25.3 Å². The lowest BCUT2D eigenvalue weighted by atomic mass is 10.1. The first-order chi connectivity index (χ1) is 4.22. The average molecular weight is 124 g/mol. The minimum atomic E-state index is 0.524. The van der Waals surface area contributed by atoms with Gasteiger partial charge in [-0.1, -0.05) is 13.8 Å². The third kappa shape index (κ3) is 1.07. The summed E-state index contributed by atoms with van der Waals surface area (Å²) >= 11 is 0. The summed E-state index contributed by atoms with van der Waals surface area (Å²) < 4.78 is 0. The van der Waals surface area contributed by atoms with Gasteiger partial charge in [-0.2, -0.15) is 0 Å². The van der Waals surface area contributed by atoms with E-state index in [0.717, 1.165) is 5.82 Å². The summed E-state index contributed by atoms with van der Waals surface area (Å²) in [6, 6.07) is 2.01. The molecule has 0 bridgehead atoms. The van der Waals surface area contributed by atoms with Crippen molar-refractivity contribution in [2.45, 2.75) is 19.8 Å². The lowest BCUT2D eigenvalue weighted by Gasteiger charge is -2.00. The van der Waals surface area contributed by atoms with Gasteiger partial charge in [-0.05, 0) is 17.5 Å². The van der Waals surface area contributed by atoms with Gasteiger partial charge in [-0.25, -0.2) is 0 Å². The van der Waals surface area contributed by atoms with E-state index in [4.69, 9.17) is 5.73 Å². The molecule has 0 radical (unpaired) electrons. The van der Waals surface area contributed by atoms with Gasteiger partial charge in [-0.15, -0.1) is 0 Å².